The lowest BCUT2D eigenvalue weighted by atomic mass is 10.1. The molecule has 2 N–H and O–H groups in total. The van der Waals surface area contributed by atoms with Crippen molar-refractivity contribution in [3.8, 4) is 11.3 Å². The van der Waals surface area contributed by atoms with E-state index in [2.05, 4.69) is 27.3 Å². The molecular weight excluding hydrogens is 288 g/mol. The molecule has 1 aromatic carbocycles. The number of nitrogens with one attached hydrogen (secondary N) is 2. The molecule has 0 aliphatic rings. The van der Waals surface area contributed by atoms with Gasteiger partial charge in [-0.05, 0) is 25.7 Å². The van der Waals surface area contributed by atoms with Gasteiger partial charge in [-0.2, -0.15) is 5.10 Å². The molecule has 21 heavy (non-hydrogen) atoms. The van der Waals surface area contributed by atoms with E-state index in [0.29, 0.717) is 23.0 Å². The average molecular weight is 307 g/mol. The van der Waals surface area contributed by atoms with Gasteiger partial charge in [-0.3, -0.25) is 9.89 Å². The Morgan fingerprint density at radius 3 is 2.90 bits per heavy atom. The number of halogens is 1. The van der Waals surface area contributed by atoms with Crippen LogP contribution in [-0.4, -0.2) is 47.7 Å². The molecule has 0 spiro atoms. The van der Waals surface area contributed by atoms with E-state index in [1.165, 1.54) is 0 Å². The largest absolute Gasteiger partial charge is 0.349 e. The number of carbonyl (C=O) groups excluding carboxylic acids is 1. The molecular formula is C15H19ClN4O. The van der Waals surface area contributed by atoms with E-state index >= 15 is 0 Å². The number of amides is 1. The Hall–Kier alpha value is -1.85. The van der Waals surface area contributed by atoms with Crippen LogP contribution in [0.3, 0.4) is 0 Å². The van der Waals surface area contributed by atoms with Gasteiger partial charge in [0.2, 0.25) is 0 Å². The Balaban J connectivity index is 2.00. The second-order valence-electron chi connectivity index (χ2n) is 4.80. The lowest BCUT2D eigenvalue weighted by molar-refractivity contribution is 0.0945. The zero-order valence-electron chi connectivity index (χ0n) is 12.2. The van der Waals surface area contributed by atoms with Gasteiger partial charge >= 0.3 is 0 Å². The Bertz CT molecular complexity index is 611. The highest BCUT2D eigenvalue weighted by molar-refractivity contribution is 6.33. The van der Waals surface area contributed by atoms with Crippen molar-refractivity contribution in [1.29, 1.82) is 0 Å². The number of aromatic nitrogens is 2. The number of H-pyrrole nitrogens is 1. The third-order valence-corrected chi connectivity index (χ3v) is 3.62. The topological polar surface area (TPSA) is 61.0 Å². The van der Waals surface area contributed by atoms with Gasteiger partial charge in [0.05, 0.1) is 10.7 Å². The molecule has 0 fully saturated rings. The highest BCUT2D eigenvalue weighted by Gasteiger charge is 2.12. The van der Waals surface area contributed by atoms with Crippen LogP contribution in [0.4, 0.5) is 0 Å². The minimum absolute atomic E-state index is 0.162. The molecule has 0 saturated carbocycles. The normalized spacial score (nSPS) is 10.9. The first-order valence-electron chi connectivity index (χ1n) is 6.89. The van der Waals surface area contributed by atoms with E-state index < -0.39 is 0 Å². The van der Waals surface area contributed by atoms with Crippen molar-refractivity contribution in [1.82, 2.24) is 20.4 Å². The second kappa shape index (κ2) is 7.24. The number of benzene rings is 1. The summed E-state index contributed by atoms with van der Waals surface area (Å²) in [6, 6.07) is 9.12. The molecule has 1 aromatic heterocycles. The van der Waals surface area contributed by atoms with Crippen LogP contribution in [0.2, 0.25) is 5.02 Å². The highest BCUT2D eigenvalue weighted by atomic mass is 35.5. The summed E-state index contributed by atoms with van der Waals surface area (Å²) in [7, 11) is 2.01. The fourth-order valence-electron chi connectivity index (χ4n) is 1.86. The van der Waals surface area contributed by atoms with Crippen molar-refractivity contribution in [2.45, 2.75) is 6.92 Å². The van der Waals surface area contributed by atoms with E-state index in [1.54, 1.807) is 12.1 Å². The Morgan fingerprint density at radius 2 is 2.19 bits per heavy atom. The van der Waals surface area contributed by atoms with Crippen molar-refractivity contribution in [3.63, 3.8) is 0 Å². The zero-order valence-corrected chi connectivity index (χ0v) is 12.9. The maximum absolute atomic E-state index is 12.0. The van der Waals surface area contributed by atoms with Crippen molar-refractivity contribution in [3.05, 3.63) is 41.0 Å². The summed E-state index contributed by atoms with van der Waals surface area (Å²) in [4.78, 5) is 14.1. The van der Waals surface area contributed by atoms with Crippen LogP contribution in [0.5, 0.6) is 0 Å². The lowest BCUT2D eigenvalue weighted by Crippen LogP contribution is -2.33. The first-order valence-corrected chi connectivity index (χ1v) is 7.26. The minimum Gasteiger partial charge on any atom is -0.349 e. The Kier molecular flexibility index (Phi) is 5.36. The van der Waals surface area contributed by atoms with E-state index in [4.69, 9.17) is 11.6 Å². The van der Waals surface area contributed by atoms with Crippen LogP contribution in [0, 0.1) is 0 Å². The van der Waals surface area contributed by atoms with Crippen LogP contribution in [0.15, 0.2) is 30.3 Å². The van der Waals surface area contributed by atoms with Crippen LogP contribution in [0.25, 0.3) is 11.3 Å². The quantitative estimate of drug-likeness (QED) is 0.861. The molecule has 2 aromatic rings. The van der Waals surface area contributed by atoms with Crippen molar-refractivity contribution in [2.75, 3.05) is 26.7 Å². The average Bonchev–Trinajstić information content (AvgIpc) is 2.97. The summed E-state index contributed by atoms with van der Waals surface area (Å²) in [5.41, 5.74) is 1.90. The third kappa shape index (κ3) is 4.06. The SMILES string of the molecule is CCN(C)CCNC(=O)c1cc(-c2ccccc2Cl)n[nH]1. The molecule has 0 radical (unpaired) electrons. The molecule has 0 unspecified atom stereocenters. The molecule has 1 heterocycles. The van der Waals surface area contributed by atoms with Gasteiger partial charge in [-0.1, -0.05) is 36.7 Å². The number of hydrogen-bond acceptors (Lipinski definition) is 3. The van der Waals surface area contributed by atoms with Gasteiger partial charge in [0.25, 0.3) is 5.91 Å². The maximum atomic E-state index is 12.0. The van der Waals surface area contributed by atoms with Gasteiger partial charge in [-0.25, -0.2) is 0 Å². The van der Waals surface area contributed by atoms with Gasteiger partial charge in [0, 0.05) is 18.7 Å². The number of likely N-dealkylation sites (N-methyl/N-ethyl adjacent to an activating group) is 1. The zero-order chi connectivity index (χ0) is 15.2. The first kappa shape index (κ1) is 15.5. The van der Waals surface area contributed by atoms with Crippen LogP contribution < -0.4 is 5.32 Å². The number of hydrogen-bond donors (Lipinski definition) is 2. The van der Waals surface area contributed by atoms with Gasteiger partial charge in [0.1, 0.15) is 5.69 Å². The van der Waals surface area contributed by atoms with Gasteiger partial charge < -0.3 is 10.2 Å². The third-order valence-electron chi connectivity index (χ3n) is 3.29. The van der Waals surface area contributed by atoms with Crippen molar-refractivity contribution >= 4 is 17.5 Å². The van der Waals surface area contributed by atoms with E-state index in [9.17, 15) is 4.79 Å². The summed E-state index contributed by atoms with van der Waals surface area (Å²) in [5.74, 6) is -0.162. The van der Waals surface area contributed by atoms with Crippen LogP contribution in [-0.2, 0) is 0 Å². The fraction of sp³-hybridized carbons (Fsp3) is 0.333. The summed E-state index contributed by atoms with van der Waals surface area (Å²) in [6.07, 6.45) is 0. The predicted octanol–water partition coefficient (Wildman–Crippen LogP) is 2.41. The van der Waals surface area contributed by atoms with Crippen molar-refractivity contribution < 1.29 is 4.79 Å². The molecule has 6 heteroatoms. The number of nitrogens with zero attached hydrogens (tertiary/aromatic N) is 2. The maximum Gasteiger partial charge on any atom is 0.269 e. The monoisotopic (exact) mass is 306 g/mol. The number of rotatable bonds is 6. The molecule has 0 aliphatic carbocycles. The fourth-order valence-corrected chi connectivity index (χ4v) is 2.09. The van der Waals surface area contributed by atoms with Crippen molar-refractivity contribution in [2.24, 2.45) is 0 Å². The number of aromatic amines is 1. The molecule has 5 nitrogen and oxygen atoms in total. The van der Waals surface area contributed by atoms with Crippen LogP contribution in [0.1, 0.15) is 17.4 Å². The van der Waals surface area contributed by atoms with E-state index in [-0.39, 0.29) is 5.91 Å². The Morgan fingerprint density at radius 1 is 1.43 bits per heavy atom. The summed E-state index contributed by atoms with van der Waals surface area (Å²) < 4.78 is 0. The predicted molar refractivity (Wildman–Crippen MR) is 84.5 cm³/mol. The van der Waals surface area contributed by atoms with Crippen LogP contribution >= 0.6 is 11.6 Å². The summed E-state index contributed by atoms with van der Waals surface area (Å²) >= 11 is 6.12. The van der Waals surface area contributed by atoms with E-state index in [1.807, 2.05) is 25.2 Å². The molecule has 0 saturated heterocycles. The summed E-state index contributed by atoms with van der Waals surface area (Å²) in [5, 5.41) is 10.4. The lowest BCUT2D eigenvalue weighted by Gasteiger charge is -2.13. The Labute approximate surface area is 129 Å². The molecule has 0 atom stereocenters. The first-order chi connectivity index (χ1) is 10.1. The second-order valence-corrected chi connectivity index (χ2v) is 5.21. The molecule has 1 amide bonds. The van der Waals surface area contributed by atoms with E-state index in [0.717, 1.165) is 18.7 Å². The van der Waals surface area contributed by atoms with Gasteiger partial charge in [0.15, 0.2) is 0 Å². The number of carbonyl (C=O) groups is 1. The molecule has 112 valence electrons. The summed E-state index contributed by atoms with van der Waals surface area (Å²) in [6.45, 7) is 4.44. The smallest absolute Gasteiger partial charge is 0.269 e. The standard InChI is InChI=1S/C15H19ClN4O/c1-3-20(2)9-8-17-15(21)14-10-13(18-19-14)11-6-4-5-7-12(11)16/h4-7,10H,3,8-9H2,1-2H3,(H,17,21)(H,18,19). The highest BCUT2D eigenvalue weighted by Crippen LogP contribution is 2.26. The molecule has 0 aliphatic heterocycles. The molecule has 0 bridgehead atoms. The van der Waals surface area contributed by atoms with Gasteiger partial charge in [-0.15, -0.1) is 0 Å². The minimum atomic E-state index is -0.162. The molecule has 2 rings (SSSR count).